The van der Waals surface area contributed by atoms with Gasteiger partial charge in [0.15, 0.2) is 0 Å². The van der Waals surface area contributed by atoms with Crippen LogP contribution >= 0.6 is 0 Å². The minimum atomic E-state index is -0.594. The van der Waals surface area contributed by atoms with Crippen molar-refractivity contribution in [3.8, 4) is 17.1 Å². The van der Waals surface area contributed by atoms with Crippen LogP contribution in [0.2, 0.25) is 0 Å². The van der Waals surface area contributed by atoms with Crippen LogP contribution in [0.4, 0.5) is 0 Å². The minimum absolute atomic E-state index is 0.0246. The van der Waals surface area contributed by atoms with Crippen LogP contribution in [0.25, 0.3) is 22.3 Å². The van der Waals surface area contributed by atoms with E-state index >= 15 is 0 Å². The first kappa shape index (κ1) is 28.8. The van der Waals surface area contributed by atoms with Gasteiger partial charge < -0.3 is 19.0 Å². The molecule has 0 fully saturated rings. The summed E-state index contributed by atoms with van der Waals surface area (Å²) in [6, 6.07) is 17.7. The van der Waals surface area contributed by atoms with Crippen LogP contribution in [-0.2, 0) is 9.53 Å². The smallest absolute Gasteiger partial charge is 0.312 e. The van der Waals surface area contributed by atoms with Gasteiger partial charge in [-0.25, -0.2) is 0 Å². The molecule has 0 aliphatic carbocycles. The standard InChI is InChI=1S/C32H44O5/c1-30(2,3)22-32(7,31(4,5)6)29(34)35-18-12-11-15-25(33)21-36-26-17-16-24-19-27(37-28(24)20-26)23-13-9-8-10-14-23/h8-10,13-14,16-17,19-20,25,33H,11-12,15,18,21-22H2,1-7H3. The first-order valence-electron chi connectivity index (χ1n) is 13.4. The molecule has 0 aliphatic rings. The number of benzene rings is 2. The Balaban J connectivity index is 1.42. The zero-order chi connectivity index (χ0) is 27.3. The summed E-state index contributed by atoms with van der Waals surface area (Å²) < 4.78 is 17.5. The summed E-state index contributed by atoms with van der Waals surface area (Å²) in [5.41, 5.74) is 1.04. The number of hydrogen-bond acceptors (Lipinski definition) is 5. The molecule has 0 radical (unpaired) electrons. The molecule has 202 valence electrons. The lowest BCUT2D eigenvalue weighted by molar-refractivity contribution is -0.165. The number of carbonyl (C=O) groups excluding carboxylic acids is 1. The first-order chi connectivity index (χ1) is 17.3. The molecule has 0 bridgehead atoms. The Hall–Kier alpha value is -2.79. The van der Waals surface area contributed by atoms with Gasteiger partial charge in [-0.1, -0.05) is 71.9 Å². The summed E-state index contributed by atoms with van der Waals surface area (Å²) in [5.74, 6) is 1.34. The van der Waals surface area contributed by atoms with E-state index in [1.807, 2.05) is 61.5 Å². The molecule has 2 aromatic carbocycles. The summed E-state index contributed by atoms with van der Waals surface area (Å²) >= 11 is 0. The number of aliphatic hydroxyl groups excluding tert-OH is 1. The Morgan fingerprint density at radius 2 is 1.65 bits per heavy atom. The molecule has 37 heavy (non-hydrogen) atoms. The summed E-state index contributed by atoms with van der Waals surface area (Å²) in [5, 5.41) is 11.4. The third-order valence-electron chi connectivity index (χ3n) is 7.15. The van der Waals surface area contributed by atoms with Crippen LogP contribution in [0.15, 0.2) is 59.0 Å². The second kappa shape index (κ2) is 11.7. The van der Waals surface area contributed by atoms with Crippen molar-refractivity contribution < 1.29 is 23.8 Å². The summed E-state index contributed by atoms with van der Waals surface area (Å²) in [4.78, 5) is 13.0. The zero-order valence-corrected chi connectivity index (χ0v) is 23.6. The maximum absolute atomic E-state index is 13.0. The minimum Gasteiger partial charge on any atom is -0.491 e. The Bertz CT molecular complexity index is 1150. The number of furan rings is 1. The third kappa shape index (κ3) is 7.85. The van der Waals surface area contributed by atoms with E-state index in [0.29, 0.717) is 25.2 Å². The quantitative estimate of drug-likeness (QED) is 0.210. The molecule has 0 amide bonds. The van der Waals surface area contributed by atoms with Crippen LogP contribution in [0.5, 0.6) is 5.75 Å². The first-order valence-corrected chi connectivity index (χ1v) is 13.4. The van der Waals surface area contributed by atoms with Crippen LogP contribution in [0.1, 0.15) is 74.1 Å². The fraction of sp³-hybridized carbons (Fsp3) is 0.531. The third-order valence-corrected chi connectivity index (χ3v) is 7.15. The number of ether oxygens (including phenoxy) is 2. The van der Waals surface area contributed by atoms with E-state index in [4.69, 9.17) is 13.9 Å². The van der Waals surface area contributed by atoms with Crippen LogP contribution in [0.3, 0.4) is 0 Å². The normalized spacial score (nSPS) is 14.8. The molecule has 2 unspecified atom stereocenters. The summed E-state index contributed by atoms with van der Waals surface area (Å²) in [6.07, 6.45) is 2.20. The average Bonchev–Trinajstić information content (AvgIpc) is 3.24. The molecule has 0 aliphatic heterocycles. The Morgan fingerprint density at radius 1 is 0.946 bits per heavy atom. The highest BCUT2D eigenvalue weighted by atomic mass is 16.5. The predicted molar refractivity (Wildman–Crippen MR) is 150 cm³/mol. The van der Waals surface area contributed by atoms with E-state index < -0.39 is 11.5 Å². The number of esters is 1. The van der Waals surface area contributed by atoms with Crippen molar-refractivity contribution in [3.63, 3.8) is 0 Å². The molecule has 2 atom stereocenters. The Morgan fingerprint density at radius 3 is 2.30 bits per heavy atom. The van der Waals surface area contributed by atoms with Gasteiger partial charge in [-0.2, -0.15) is 0 Å². The zero-order valence-electron chi connectivity index (χ0n) is 23.6. The van der Waals surface area contributed by atoms with Gasteiger partial charge >= 0.3 is 5.97 Å². The van der Waals surface area contributed by atoms with Crippen LogP contribution < -0.4 is 4.74 Å². The maximum Gasteiger partial charge on any atom is 0.312 e. The molecular formula is C32H44O5. The highest BCUT2D eigenvalue weighted by Gasteiger charge is 2.47. The van der Waals surface area contributed by atoms with E-state index in [1.165, 1.54) is 0 Å². The lowest BCUT2D eigenvalue weighted by Gasteiger charge is -2.43. The van der Waals surface area contributed by atoms with E-state index in [1.54, 1.807) is 0 Å². The van der Waals surface area contributed by atoms with Crippen molar-refractivity contribution >= 4 is 16.9 Å². The van der Waals surface area contributed by atoms with Gasteiger partial charge in [0, 0.05) is 17.0 Å². The highest BCUT2D eigenvalue weighted by molar-refractivity contribution is 5.84. The van der Waals surface area contributed by atoms with Gasteiger partial charge in [-0.15, -0.1) is 0 Å². The molecule has 0 spiro atoms. The molecule has 5 nitrogen and oxygen atoms in total. The van der Waals surface area contributed by atoms with Gasteiger partial charge in [0.05, 0.1) is 18.1 Å². The van der Waals surface area contributed by atoms with Crippen molar-refractivity contribution in [1.29, 1.82) is 0 Å². The number of carbonyl (C=O) groups is 1. The number of fused-ring (bicyclic) bond motifs is 1. The van der Waals surface area contributed by atoms with Gasteiger partial charge in [-0.3, -0.25) is 4.79 Å². The maximum atomic E-state index is 13.0. The van der Waals surface area contributed by atoms with Crippen molar-refractivity contribution in [1.82, 2.24) is 0 Å². The van der Waals surface area contributed by atoms with Gasteiger partial charge in [0.2, 0.25) is 0 Å². The van der Waals surface area contributed by atoms with E-state index in [9.17, 15) is 9.90 Å². The van der Waals surface area contributed by atoms with Gasteiger partial charge in [0.1, 0.15) is 23.7 Å². The number of hydrogen-bond donors (Lipinski definition) is 1. The lowest BCUT2D eigenvalue weighted by atomic mass is 9.61. The number of unbranched alkanes of at least 4 members (excludes halogenated alkanes) is 1. The van der Waals surface area contributed by atoms with E-state index in [2.05, 4.69) is 41.5 Å². The molecule has 3 rings (SSSR count). The summed E-state index contributed by atoms with van der Waals surface area (Å²) in [6.45, 7) is 15.3. The molecule has 5 heteroatoms. The predicted octanol–water partition coefficient (Wildman–Crippen LogP) is 8.04. The topological polar surface area (TPSA) is 68.9 Å². The van der Waals surface area contributed by atoms with E-state index in [-0.39, 0.29) is 23.4 Å². The molecular weight excluding hydrogens is 464 g/mol. The monoisotopic (exact) mass is 508 g/mol. The Kier molecular flexibility index (Phi) is 9.12. The average molecular weight is 509 g/mol. The molecule has 0 saturated carbocycles. The highest BCUT2D eigenvalue weighted by Crippen LogP contribution is 2.47. The number of aliphatic hydroxyl groups is 1. The summed E-state index contributed by atoms with van der Waals surface area (Å²) in [7, 11) is 0. The molecule has 1 heterocycles. The second-order valence-corrected chi connectivity index (χ2v) is 12.6. The van der Waals surface area contributed by atoms with Crippen LogP contribution in [0, 0.1) is 16.2 Å². The van der Waals surface area contributed by atoms with Gasteiger partial charge in [0.25, 0.3) is 0 Å². The SMILES string of the molecule is CC(C)(C)CC(C)(C(=O)OCCCCC(O)COc1ccc2cc(-c3ccccc3)oc2c1)C(C)(C)C. The fourth-order valence-electron chi connectivity index (χ4n) is 4.63. The largest absolute Gasteiger partial charge is 0.491 e. The second-order valence-electron chi connectivity index (χ2n) is 12.6. The molecule has 0 saturated heterocycles. The van der Waals surface area contributed by atoms with Crippen molar-refractivity contribution in [3.05, 3.63) is 54.6 Å². The fourth-order valence-corrected chi connectivity index (χ4v) is 4.63. The van der Waals surface area contributed by atoms with E-state index in [0.717, 1.165) is 35.1 Å². The van der Waals surface area contributed by atoms with Crippen molar-refractivity contribution in [2.75, 3.05) is 13.2 Å². The van der Waals surface area contributed by atoms with Crippen molar-refractivity contribution in [2.45, 2.75) is 80.3 Å². The Labute approximate surface area is 222 Å². The lowest BCUT2D eigenvalue weighted by Crippen LogP contribution is -2.44. The number of rotatable bonds is 11. The molecule has 1 aromatic heterocycles. The van der Waals surface area contributed by atoms with Crippen molar-refractivity contribution in [2.24, 2.45) is 16.2 Å². The van der Waals surface area contributed by atoms with Gasteiger partial charge in [-0.05, 0) is 61.6 Å². The molecule has 1 N–H and O–H groups in total. The van der Waals surface area contributed by atoms with Crippen LogP contribution in [-0.4, -0.2) is 30.4 Å². The molecule has 3 aromatic rings.